The second-order valence-electron chi connectivity index (χ2n) is 4.30. The third-order valence-corrected chi connectivity index (χ3v) is 3.48. The Labute approximate surface area is 117 Å². The van der Waals surface area contributed by atoms with Crippen LogP contribution in [0.15, 0.2) is 22.8 Å². The highest BCUT2D eigenvalue weighted by molar-refractivity contribution is 7.15. The normalized spacial score (nSPS) is 12.0. The molecule has 0 aliphatic heterocycles. The van der Waals surface area contributed by atoms with Crippen molar-refractivity contribution in [2.75, 3.05) is 13.1 Å². The molecule has 0 aliphatic rings. The Morgan fingerprint density at radius 1 is 1.42 bits per heavy atom. The van der Waals surface area contributed by atoms with E-state index in [0.29, 0.717) is 6.54 Å². The van der Waals surface area contributed by atoms with Gasteiger partial charge in [-0.05, 0) is 13.3 Å². The van der Waals surface area contributed by atoms with Crippen LogP contribution in [0.5, 0.6) is 0 Å². The van der Waals surface area contributed by atoms with Gasteiger partial charge in [0.15, 0.2) is 10.9 Å². The molecule has 2 rings (SSSR count). The van der Waals surface area contributed by atoms with Gasteiger partial charge in [0.05, 0.1) is 12.2 Å². The number of imidazole rings is 1. The fourth-order valence-electron chi connectivity index (χ4n) is 1.74. The molecule has 0 spiro atoms. The van der Waals surface area contributed by atoms with E-state index in [0.717, 1.165) is 36.1 Å². The van der Waals surface area contributed by atoms with Crippen LogP contribution in [0.2, 0.25) is 0 Å². The van der Waals surface area contributed by atoms with Gasteiger partial charge in [-0.25, -0.2) is 9.98 Å². The SMILES string of the molecule is CCCCNC(=NCc1cn2ccsc2n1)NCC. The van der Waals surface area contributed by atoms with Crippen molar-refractivity contribution in [2.45, 2.75) is 33.2 Å². The molecule has 0 bridgehead atoms. The summed E-state index contributed by atoms with van der Waals surface area (Å²) in [6.07, 6.45) is 6.39. The van der Waals surface area contributed by atoms with Gasteiger partial charge in [-0.2, -0.15) is 0 Å². The van der Waals surface area contributed by atoms with Crippen LogP contribution in [0, 0.1) is 0 Å². The molecule has 5 nitrogen and oxygen atoms in total. The molecular formula is C13H21N5S. The maximum Gasteiger partial charge on any atom is 0.193 e. The van der Waals surface area contributed by atoms with Gasteiger partial charge in [-0.1, -0.05) is 13.3 Å². The van der Waals surface area contributed by atoms with Crippen LogP contribution in [-0.2, 0) is 6.54 Å². The Balaban J connectivity index is 1.94. The lowest BCUT2D eigenvalue weighted by Crippen LogP contribution is -2.37. The smallest absolute Gasteiger partial charge is 0.193 e. The van der Waals surface area contributed by atoms with E-state index in [-0.39, 0.29) is 0 Å². The van der Waals surface area contributed by atoms with Gasteiger partial charge in [0, 0.05) is 30.9 Å². The summed E-state index contributed by atoms with van der Waals surface area (Å²) < 4.78 is 2.03. The quantitative estimate of drug-likeness (QED) is 0.484. The van der Waals surface area contributed by atoms with Crippen molar-refractivity contribution in [3.05, 3.63) is 23.5 Å². The van der Waals surface area contributed by atoms with Crippen molar-refractivity contribution in [2.24, 2.45) is 4.99 Å². The molecule has 0 unspecified atom stereocenters. The Hall–Kier alpha value is -1.56. The lowest BCUT2D eigenvalue weighted by molar-refractivity contribution is 0.729. The molecule has 2 aromatic heterocycles. The van der Waals surface area contributed by atoms with Gasteiger partial charge in [-0.3, -0.25) is 4.40 Å². The summed E-state index contributed by atoms with van der Waals surface area (Å²) in [6, 6.07) is 0. The topological polar surface area (TPSA) is 53.7 Å². The number of nitrogens with zero attached hydrogens (tertiary/aromatic N) is 3. The van der Waals surface area contributed by atoms with Crippen LogP contribution in [0.1, 0.15) is 32.4 Å². The zero-order valence-electron chi connectivity index (χ0n) is 11.5. The molecule has 0 saturated heterocycles. The van der Waals surface area contributed by atoms with Crippen molar-refractivity contribution in [3.63, 3.8) is 0 Å². The summed E-state index contributed by atoms with van der Waals surface area (Å²) in [5, 5.41) is 8.61. The number of unbranched alkanes of at least 4 members (excludes halogenated alkanes) is 1. The van der Waals surface area contributed by atoms with Crippen LogP contribution in [0.4, 0.5) is 0 Å². The van der Waals surface area contributed by atoms with Gasteiger partial charge in [0.25, 0.3) is 0 Å². The molecule has 0 atom stereocenters. The van der Waals surface area contributed by atoms with Crippen LogP contribution < -0.4 is 10.6 Å². The van der Waals surface area contributed by atoms with Gasteiger partial charge in [-0.15, -0.1) is 11.3 Å². The van der Waals surface area contributed by atoms with Crippen molar-refractivity contribution in [1.29, 1.82) is 0 Å². The van der Waals surface area contributed by atoms with Crippen LogP contribution >= 0.6 is 11.3 Å². The predicted octanol–water partition coefficient (Wildman–Crippen LogP) is 2.25. The number of guanidine groups is 1. The van der Waals surface area contributed by atoms with Crippen molar-refractivity contribution < 1.29 is 0 Å². The van der Waals surface area contributed by atoms with Crippen molar-refractivity contribution >= 4 is 22.3 Å². The minimum Gasteiger partial charge on any atom is -0.357 e. The Kier molecular flexibility index (Phi) is 5.20. The first-order chi connectivity index (χ1) is 9.33. The van der Waals surface area contributed by atoms with Gasteiger partial charge >= 0.3 is 0 Å². The molecule has 2 N–H and O–H groups in total. The average molecular weight is 279 g/mol. The first-order valence-corrected chi connectivity index (χ1v) is 7.64. The zero-order valence-corrected chi connectivity index (χ0v) is 12.3. The van der Waals surface area contributed by atoms with Gasteiger partial charge in [0.1, 0.15) is 0 Å². The lowest BCUT2D eigenvalue weighted by Gasteiger charge is -2.10. The standard InChI is InChI=1S/C13H21N5S/c1-3-5-6-15-12(14-4-2)16-9-11-10-18-7-8-19-13(18)17-11/h7-8,10H,3-6,9H2,1-2H3,(H2,14,15,16). The third-order valence-electron chi connectivity index (χ3n) is 2.71. The Morgan fingerprint density at radius 3 is 3.05 bits per heavy atom. The number of rotatable bonds is 6. The lowest BCUT2D eigenvalue weighted by atomic mass is 10.3. The highest BCUT2D eigenvalue weighted by atomic mass is 32.1. The summed E-state index contributed by atoms with van der Waals surface area (Å²) >= 11 is 1.64. The predicted molar refractivity (Wildman–Crippen MR) is 80.8 cm³/mol. The van der Waals surface area contributed by atoms with E-state index in [4.69, 9.17) is 0 Å². The summed E-state index contributed by atoms with van der Waals surface area (Å²) in [7, 11) is 0. The maximum atomic E-state index is 4.55. The molecule has 0 aliphatic carbocycles. The Bertz CT molecular complexity index is 499. The largest absolute Gasteiger partial charge is 0.357 e. The molecule has 104 valence electrons. The summed E-state index contributed by atoms with van der Waals surface area (Å²) in [4.78, 5) is 10.1. The van der Waals surface area contributed by atoms with Gasteiger partial charge in [0.2, 0.25) is 0 Å². The molecule has 0 radical (unpaired) electrons. The van der Waals surface area contributed by atoms with E-state index >= 15 is 0 Å². The summed E-state index contributed by atoms with van der Waals surface area (Å²) in [5.74, 6) is 0.868. The van der Waals surface area contributed by atoms with Crippen molar-refractivity contribution in [3.8, 4) is 0 Å². The summed E-state index contributed by atoms with van der Waals surface area (Å²) in [6.45, 7) is 6.69. The van der Waals surface area contributed by atoms with E-state index in [1.165, 1.54) is 6.42 Å². The van der Waals surface area contributed by atoms with E-state index in [9.17, 15) is 0 Å². The number of aliphatic imine (C=N–C) groups is 1. The summed E-state index contributed by atoms with van der Waals surface area (Å²) in [5.41, 5.74) is 1.000. The van der Waals surface area contributed by atoms with Crippen LogP contribution in [-0.4, -0.2) is 28.4 Å². The fourth-order valence-corrected chi connectivity index (χ4v) is 2.46. The molecule has 0 amide bonds. The second kappa shape index (κ2) is 7.13. The third kappa shape index (κ3) is 3.96. The van der Waals surface area contributed by atoms with E-state index in [1.807, 2.05) is 22.2 Å². The zero-order chi connectivity index (χ0) is 13.5. The van der Waals surface area contributed by atoms with E-state index in [1.54, 1.807) is 11.3 Å². The second-order valence-corrected chi connectivity index (χ2v) is 5.17. The molecule has 0 aromatic carbocycles. The van der Waals surface area contributed by atoms with E-state index in [2.05, 4.69) is 34.5 Å². The minimum absolute atomic E-state index is 0.607. The number of aromatic nitrogens is 2. The number of thiazole rings is 1. The number of nitrogens with one attached hydrogen (secondary N) is 2. The number of fused-ring (bicyclic) bond motifs is 1. The molecule has 0 saturated carbocycles. The van der Waals surface area contributed by atoms with Crippen LogP contribution in [0.3, 0.4) is 0 Å². The van der Waals surface area contributed by atoms with Gasteiger partial charge < -0.3 is 10.6 Å². The molecule has 2 aromatic rings. The number of hydrogen-bond donors (Lipinski definition) is 2. The number of hydrogen-bond acceptors (Lipinski definition) is 3. The van der Waals surface area contributed by atoms with E-state index < -0.39 is 0 Å². The van der Waals surface area contributed by atoms with Crippen LogP contribution in [0.25, 0.3) is 4.96 Å². The molecule has 6 heteroatoms. The molecular weight excluding hydrogens is 258 g/mol. The fraction of sp³-hybridized carbons (Fsp3) is 0.538. The molecule has 2 heterocycles. The highest BCUT2D eigenvalue weighted by Gasteiger charge is 2.02. The van der Waals surface area contributed by atoms with Crippen molar-refractivity contribution in [1.82, 2.24) is 20.0 Å². The average Bonchev–Trinajstić information content (AvgIpc) is 2.96. The molecule has 0 fully saturated rings. The first kappa shape index (κ1) is 13.9. The Morgan fingerprint density at radius 2 is 2.32 bits per heavy atom. The first-order valence-electron chi connectivity index (χ1n) is 6.76. The highest BCUT2D eigenvalue weighted by Crippen LogP contribution is 2.11. The molecule has 19 heavy (non-hydrogen) atoms. The maximum absolute atomic E-state index is 4.55. The monoisotopic (exact) mass is 279 g/mol. The minimum atomic E-state index is 0.607.